The fourth-order valence-corrected chi connectivity index (χ4v) is 2.12. The third-order valence-corrected chi connectivity index (χ3v) is 2.88. The number of thiazole rings is 1. The lowest BCUT2D eigenvalue weighted by atomic mass is 10.3. The quantitative estimate of drug-likeness (QED) is 0.500. The number of hydrogen-bond acceptors (Lipinski definition) is 3. The molecule has 2 heterocycles. The maximum Gasteiger partial charge on any atom is 0.270 e. The van der Waals surface area contributed by atoms with E-state index in [-0.39, 0.29) is 0 Å². The summed E-state index contributed by atoms with van der Waals surface area (Å²) in [5.74, 6) is 0.618. The summed E-state index contributed by atoms with van der Waals surface area (Å²) in [4.78, 5) is 7.46. The van der Waals surface area contributed by atoms with Gasteiger partial charge in [-0.05, 0) is 12.1 Å². The largest absolute Gasteiger partial charge is 0.618 e. The zero-order chi connectivity index (χ0) is 10.3. The SMILES string of the molecule is [O-][n+]1cscc1-c1nc2ccccc2[nH]1. The molecule has 1 aromatic carbocycles. The van der Waals surface area contributed by atoms with Crippen molar-refractivity contribution in [1.82, 2.24) is 9.97 Å². The molecule has 0 saturated heterocycles. The molecule has 3 rings (SSSR count). The summed E-state index contributed by atoms with van der Waals surface area (Å²) in [5.41, 5.74) is 3.89. The van der Waals surface area contributed by atoms with Gasteiger partial charge in [-0.1, -0.05) is 23.5 Å². The zero-order valence-corrected chi connectivity index (χ0v) is 8.49. The normalized spacial score (nSPS) is 10.9. The van der Waals surface area contributed by atoms with Crippen LogP contribution in [0.1, 0.15) is 0 Å². The number of para-hydroxylation sites is 2. The minimum absolute atomic E-state index is 0.566. The standard InChI is InChI=1S/C10H7N3OS/c14-13-6-15-5-9(13)10-11-7-3-1-2-4-8(7)12-10/h1-6H,(H,11,12). The molecule has 0 fully saturated rings. The molecule has 2 aromatic heterocycles. The number of nitrogens with one attached hydrogen (secondary N) is 1. The highest BCUT2D eigenvalue weighted by Crippen LogP contribution is 2.18. The zero-order valence-electron chi connectivity index (χ0n) is 7.68. The molecule has 0 aliphatic heterocycles. The summed E-state index contributed by atoms with van der Waals surface area (Å²) >= 11 is 1.36. The molecule has 1 N–H and O–H groups in total. The Balaban J connectivity index is 2.24. The molecule has 5 heteroatoms. The number of nitrogens with zero attached hydrogens (tertiary/aromatic N) is 2. The Morgan fingerprint density at radius 3 is 2.93 bits per heavy atom. The molecule has 0 atom stereocenters. The van der Waals surface area contributed by atoms with Gasteiger partial charge in [0, 0.05) is 0 Å². The summed E-state index contributed by atoms with van der Waals surface area (Å²) in [7, 11) is 0. The van der Waals surface area contributed by atoms with E-state index in [9.17, 15) is 5.21 Å². The highest BCUT2D eigenvalue weighted by Gasteiger charge is 2.13. The fourth-order valence-electron chi connectivity index (χ4n) is 1.49. The Labute approximate surface area is 89.4 Å². The third-order valence-electron chi connectivity index (χ3n) is 2.21. The Hall–Kier alpha value is -1.88. The van der Waals surface area contributed by atoms with Crippen LogP contribution in [0.2, 0.25) is 0 Å². The van der Waals surface area contributed by atoms with Gasteiger partial charge in [-0.2, -0.15) is 4.73 Å². The highest BCUT2D eigenvalue weighted by molar-refractivity contribution is 7.07. The minimum atomic E-state index is 0.566. The highest BCUT2D eigenvalue weighted by atomic mass is 32.1. The number of aromatic nitrogens is 3. The minimum Gasteiger partial charge on any atom is -0.618 e. The fraction of sp³-hybridized carbons (Fsp3) is 0. The van der Waals surface area contributed by atoms with Gasteiger partial charge in [0.1, 0.15) is 0 Å². The molecule has 0 unspecified atom stereocenters. The van der Waals surface area contributed by atoms with Gasteiger partial charge in [0.15, 0.2) is 0 Å². The van der Waals surface area contributed by atoms with E-state index in [1.54, 1.807) is 5.38 Å². The van der Waals surface area contributed by atoms with Crippen molar-refractivity contribution in [3.8, 4) is 11.5 Å². The lowest BCUT2D eigenvalue weighted by Crippen LogP contribution is -2.24. The summed E-state index contributed by atoms with van der Waals surface area (Å²) in [6.45, 7) is 0. The first-order valence-electron chi connectivity index (χ1n) is 4.45. The van der Waals surface area contributed by atoms with E-state index in [1.165, 1.54) is 16.8 Å². The van der Waals surface area contributed by atoms with Crippen LogP contribution in [0.5, 0.6) is 0 Å². The van der Waals surface area contributed by atoms with Crippen LogP contribution in [0.3, 0.4) is 0 Å². The van der Waals surface area contributed by atoms with Crippen molar-refractivity contribution in [2.45, 2.75) is 0 Å². The molecular weight excluding hydrogens is 210 g/mol. The second kappa shape index (κ2) is 3.06. The number of imidazole rings is 1. The molecule has 0 spiro atoms. The van der Waals surface area contributed by atoms with E-state index in [0.717, 1.165) is 15.8 Å². The number of benzene rings is 1. The lowest BCUT2D eigenvalue weighted by Gasteiger charge is -1.92. The van der Waals surface area contributed by atoms with Crippen LogP contribution in [-0.4, -0.2) is 9.97 Å². The van der Waals surface area contributed by atoms with Gasteiger partial charge in [-0.15, -0.1) is 0 Å². The van der Waals surface area contributed by atoms with Crippen molar-refractivity contribution >= 4 is 22.4 Å². The predicted octanol–water partition coefficient (Wildman–Crippen LogP) is 1.92. The molecule has 0 bridgehead atoms. The van der Waals surface area contributed by atoms with Gasteiger partial charge in [0.2, 0.25) is 11.3 Å². The summed E-state index contributed by atoms with van der Waals surface area (Å²) in [6, 6.07) is 7.71. The van der Waals surface area contributed by atoms with Crippen molar-refractivity contribution in [1.29, 1.82) is 0 Å². The van der Waals surface area contributed by atoms with Crippen molar-refractivity contribution < 1.29 is 4.73 Å². The second-order valence-corrected chi connectivity index (χ2v) is 3.89. The van der Waals surface area contributed by atoms with E-state index in [2.05, 4.69) is 9.97 Å². The van der Waals surface area contributed by atoms with E-state index < -0.39 is 0 Å². The molecule has 0 aliphatic carbocycles. The molecule has 0 radical (unpaired) electrons. The van der Waals surface area contributed by atoms with Crippen LogP contribution in [-0.2, 0) is 0 Å². The van der Waals surface area contributed by atoms with Gasteiger partial charge in [0.05, 0.1) is 16.4 Å². The van der Waals surface area contributed by atoms with Crippen LogP contribution in [0, 0.1) is 5.21 Å². The van der Waals surface area contributed by atoms with Crippen LogP contribution in [0.25, 0.3) is 22.6 Å². The first-order valence-corrected chi connectivity index (χ1v) is 5.39. The molecular formula is C10H7N3OS. The third kappa shape index (κ3) is 1.28. The predicted molar refractivity (Wildman–Crippen MR) is 58.4 cm³/mol. The van der Waals surface area contributed by atoms with Crippen molar-refractivity contribution in [3.05, 3.63) is 40.4 Å². The van der Waals surface area contributed by atoms with Gasteiger partial charge >= 0.3 is 0 Å². The van der Waals surface area contributed by atoms with E-state index in [4.69, 9.17) is 0 Å². The molecule has 3 aromatic rings. The Bertz CT molecular complexity index is 581. The van der Waals surface area contributed by atoms with Gasteiger partial charge in [-0.25, -0.2) is 4.98 Å². The Morgan fingerprint density at radius 1 is 1.33 bits per heavy atom. The maximum absolute atomic E-state index is 11.4. The van der Waals surface area contributed by atoms with E-state index in [0.29, 0.717) is 11.5 Å². The number of aromatic amines is 1. The average molecular weight is 217 g/mol. The van der Waals surface area contributed by atoms with E-state index in [1.807, 2.05) is 24.3 Å². The molecule has 74 valence electrons. The first kappa shape index (κ1) is 8.43. The summed E-state index contributed by atoms with van der Waals surface area (Å²) in [5, 5.41) is 13.1. The first-order chi connectivity index (χ1) is 7.34. The number of hydrogen-bond donors (Lipinski definition) is 1. The molecule has 15 heavy (non-hydrogen) atoms. The maximum atomic E-state index is 11.4. The van der Waals surface area contributed by atoms with E-state index >= 15 is 0 Å². The summed E-state index contributed by atoms with van der Waals surface area (Å²) in [6.07, 6.45) is 0. The van der Waals surface area contributed by atoms with Crippen LogP contribution in [0.15, 0.2) is 35.2 Å². The van der Waals surface area contributed by atoms with Gasteiger partial charge in [0.25, 0.3) is 5.69 Å². The van der Waals surface area contributed by atoms with Crippen LogP contribution < -0.4 is 4.73 Å². The monoisotopic (exact) mass is 217 g/mol. The molecule has 0 amide bonds. The second-order valence-electron chi connectivity index (χ2n) is 3.17. The van der Waals surface area contributed by atoms with Gasteiger partial charge in [-0.3, -0.25) is 0 Å². The Kier molecular flexibility index (Phi) is 1.72. The lowest BCUT2D eigenvalue weighted by molar-refractivity contribution is -0.588. The molecule has 0 saturated carbocycles. The van der Waals surface area contributed by atoms with Gasteiger partial charge < -0.3 is 10.2 Å². The molecule has 0 aliphatic rings. The van der Waals surface area contributed by atoms with Crippen LogP contribution >= 0.6 is 11.3 Å². The smallest absolute Gasteiger partial charge is 0.270 e. The number of rotatable bonds is 1. The molecule has 4 nitrogen and oxygen atoms in total. The van der Waals surface area contributed by atoms with Crippen molar-refractivity contribution in [2.75, 3.05) is 0 Å². The average Bonchev–Trinajstić information content (AvgIpc) is 2.82. The topological polar surface area (TPSA) is 55.6 Å². The number of fused-ring (bicyclic) bond motifs is 1. The van der Waals surface area contributed by atoms with Crippen molar-refractivity contribution in [2.24, 2.45) is 0 Å². The summed E-state index contributed by atoms with van der Waals surface area (Å²) < 4.78 is 0.822. The van der Waals surface area contributed by atoms with Crippen molar-refractivity contribution in [3.63, 3.8) is 0 Å². The Morgan fingerprint density at radius 2 is 2.20 bits per heavy atom. The van der Waals surface area contributed by atoms with Crippen LogP contribution in [0.4, 0.5) is 0 Å². The number of H-pyrrole nitrogens is 1.